The fraction of sp³-hybridized carbons (Fsp3) is 0.537. The molecule has 30 atom stereocenters. The van der Waals surface area contributed by atoms with Crippen molar-refractivity contribution >= 4 is 159 Å². The van der Waals surface area contributed by atoms with Crippen LogP contribution in [0.15, 0.2) is 77.3 Å². The Morgan fingerprint density at radius 3 is 1.51 bits per heavy atom. The zero-order chi connectivity index (χ0) is 96.2. The number of phosphoric acid groups is 2. The average molecular weight is 2060 g/mol. The van der Waals surface area contributed by atoms with E-state index in [1.54, 1.807) is 16.8 Å². The van der Waals surface area contributed by atoms with Crippen LogP contribution in [0.4, 0.5) is 32.2 Å². The Bertz CT molecular complexity index is 6870. The van der Waals surface area contributed by atoms with Crippen molar-refractivity contribution in [1.82, 2.24) is 112 Å². The maximum atomic E-state index is 15.9. The van der Waals surface area contributed by atoms with E-state index < -0.39 is 253 Å². The largest absolute Gasteiger partial charge is 0.472 e. The average Bonchev–Trinajstić information content (AvgIpc) is 2.38. The summed E-state index contributed by atoms with van der Waals surface area (Å²) in [6, 6.07) is 1.07. The number of aryl methyl sites for hydroxylation is 2. The van der Waals surface area contributed by atoms with Gasteiger partial charge in [0.25, 0.3) is 16.7 Å². The van der Waals surface area contributed by atoms with E-state index in [1.807, 2.05) is 0 Å². The molecule has 8 saturated heterocycles. The number of nitrogens with two attached hydrogens (primary N) is 4. The summed E-state index contributed by atoms with van der Waals surface area (Å²) in [7, 11) is -19.4. The van der Waals surface area contributed by atoms with Gasteiger partial charge in [0.1, 0.15) is 120 Å². The third kappa shape index (κ3) is 18.4. The van der Waals surface area contributed by atoms with Crippen LogP contribution in [-0.4, -0.2) is 300 Å². The van der Waals surface area contributed by atoms with Crippen LogP contribution >= 0.6 is 56.6 Å². The lowest BCUT2D eigenvalue weighted by Gasteiger charge is -2.28. The number of alkyl halides is 2. The van der Waals surface area contributed by atoms with Crippen molar-refractivity contribution in [2.75, 3.05) is 68.3 Å². The third-order valence-corrected chi connectivity index (χ3v) is 31.8. The first-order chi connectivity index (χ1) is 64.5. The number of halogens is 2. The summed E-state index contributed by atoms with van der Waals surface area (Å²) in [5, 5.41) is 44.6. The minimum Gasteiger partial charge on any atom is -0.396 e. The summed E-state index contributed by atoms with van der Waals surface area (Å²) >= 11 is 9.55. The molecular weight excluding hydrogens is 1980 g/mol. The Balaban J connectivity index is 0.000000131. The van der Waals surface area contributed by atoms with E-state index in [9.17, 15) is 82.1 Å². The number of nitrogens with one attached hydrogen (secondary N) is 3. The van der Waals surface area contributed by atoms with Gasteiger partial charge in [-0.1, -0.05) is 12.2 Å². The van der Waals surface area contributed by atoms with E-state index in [-0.39, 0.29) is 110 Å². The molecule has 0 radical (unpaired) electrons. The van der Waals surface area contributed by atoms with E-state index in [4.69, 9.17) is 104 Å². The number of fused-ring (bicyclic) bond motifs is 15. The number of ether oxygens (including phenoxy) is 5. The molecule has 0 amide bonds. The monoisotopic (exact) mass is 2060 g/mol. The molecule has 59 nitrogen and oxygen atoms in total. The molecule has 9 fully saturated rings. The van der Waals surface area contributed by atoms with Crippen LogP contribution in [0.1, 0.15) is 68.1 Å². The third-order valence-electron chi connectivity index (χ3n) is 23.8. The molecule has 1 aliphatic carbocycles. The Kier molecular flexibility index (Phi) is 25.8. The molecule has 20 N–H and O–H groups in total. The van der Waals surface area contributed by atoms with E-state index in [0.29, 0.717) is 11.0 Å². The van der Waals surface area contributed by atoms with Crippen molar-refractivity contribution < 1.29 is 145 Å². The number of H-pyrrole nitrogens is 3. The van der Waals surface area contributed by atoms with Crippen molar-refractivity contribution in [3.05, 3.63) is 106 Å². The van der Waals surface area contributed by atoms with Gasteiger partial charge in [-0.25, -0.2) is 87.3 Å². The number of aromatic amines is 3. The molecule has 21 rings (SSSR count). The van der Waals surface area contributed by atoms with Gasteiger partial charge in [-0.05, 0) is 51.0 Å². The summed E-state index contributed by atoms with van der Waals surface area (Å²) in [5.74, 6) is -1.02. The van der Waals surface area contributed by atoms with Crippen molar-refractivity contribution in [1.29, 1.82) is 0 Å². The summed E-state index contributed by atoms with van der Waals surface area (Å²) in [6.07, 6.45) is -21.9. The Labute approximate surface area is 766 Å². The molecule has 12 aromatic heterocycles. The van der Waals surface area contributed by atoms with Crippen LogP contribution in [0.5, 0.6) is 0 Å². The lowest BCUT2D eigenvalue weighted by Crippen LogP contribution is -2.35. The highest BCUT2D eigenvalue weighted by Crippen LogP contribution is 2.62. The number of phosphoric ester groups is 2. The number of thiol groups is 1. The number of anilines is 4. The van der Waals surface area contributed by atoms with Gasteiger partial charge >= 0.3 is 44.4 Å². The first-order valence-corrected chi connectivity index (χ1v) is 52.7. The summed E-state index contributed by atoms with van der Waals surface area (Å²) < 4.78 is 191. The normalized spacial score (nSPS) is 37.5. The number of hydrogen-bond donors (Lipinski definition) is 17. The molecule has 9 aliphatic rings. The van der Waals surface area contributed by atoms with Gasteiger partial charge in [0.05, 0.1) is 107 Å². The van der Waals surface area contributed by atoms with Gasteiger partial charge in [-0.3, -0.25) is 83.0 Å². The van der Waals surface area contributed by atoms with E-state index in [1.165, 1.54) is 74.6 Å². The first-order valence-electron chi connectivity index (χ1n) is 40.9. The molecule has 0 aromatic carbocycles. The predicted molar refractivity (Wildman–Crippen MR) is 459 cm³/mol. The number of nitrogens with zero attached hydrogens (tertiary/aromatic N) is 20. The second kappa shape index (κ2) is 36.6. The topological polar surface area (TPSA) is 819 Å². The lowest BCUT2D eigenvalue weighted by atomic mass is 9.99. The molecule has 12 aromatic rings. The van der Waals surface area contributed by atoms with E-state index in [0.717, 1.165) is 12.7 Å². The van der Waals surface area contributed by atoms with Gasteiger partial charge < -0.3 is 120 Å². The Morgan fingerprint density at radius 2 is 0.919 bits per heavy atom. The van der Waals surface area contributed by atoms with Crippen LogP contribution in [0, 0.1) is 25.7 Å². The van der Waals surface area contributed by atoms with Crippen molar-refractivity contribution in [2.24, 2.45) is 11.8 Å². The van der Waals surface area contributed by atoms with E-state index >= 15 is 8.78 Å². The van der Waals surface area contributed by atoms with Crippen molar-refractivity contribution in [3.63, 3.8) is 0 Å². The van der Waals surface area contributed by atoms with Crippen LogP contribution in [0.3, 0.4) is 0 Å². The smallest absolute Gasteiger partial charge is 0.396 e. The summed E-state index contributed by atoms with van der Waals surface area (Å²) in [5.41, 5.74) is 22.6. The Hall–Kier alpha value is -8.98. The molecule has 732 valence electrons. The zero-order valence-electron chi connectivity index (χ0n) is 69.7. The minimum atomic E-state index is -5.07. The van der Waals surface area contributed by atoms with Gasteiger partial charge in [-0.2, -0.15) is 4.98 Å². The van der Waals surface area contributed by atoms with Crippen LogP contribution in [0.2, 0.25) is 0 Å². The maximum Gasteiger partial charge on any atom is 0.472 e. The number of aliphatic hydroxyl groups excluding tert-OH is 4. The standard InChI is InChI=1S/C23H29N9O10P2S2.2C22H26FN9O11P2/c24-18-10-1-2-31(19(10)27-7-26-18)12-3-9-5-38-43(36,45)42-17-11(4-33)13(6-39-44(37,46)41-16(9)15(12)34)40-22(17)32-8-28-14-20(32)29-23(25)30-21(14)35;1-8-29-19-13(20(34)30-8)28-7-32(19)22-16-14(33)10(41-22)4-39-45(37,38)43-15-9(2-3-44(35,36)42-16)40-21(11(15)23)31-6-27-12-17(24)25-5-26-18(12)31;1-8-29-19-13(20(34)30-8)28-7-32(19)22-16-11(23)10(41-22)4-39-45(37,38)43-15-9(2-3-44(35,36)42-16)40-21(14(15)33)31-6-27-12-17(24)25-5-26-18(12)31/h1-2,7-9,11-13,15-17,22,33-34H,3-6H2,(H,36,45)(H,37,46)(H2,24,26,27)(H3,25,29,30,35);2*5-7,9-11,14-16,21-22,33H,2-4H2,1H3,(H,35,36)(H,37,38)(H2,24,25,26)(H,29,30,34)/t9-,11-,12-,13-,15+,16-,17-,22-,43?,44?;;/m1../s1. The minimum absolute atomic E-state index is 0.0186. The molecule has 20 heterocycles. The highest BCUT2D eigenvalue weighted by atomic mass is 32.7. The number of aliphatic hydroxyl groups is 4. The summed E-state index contributed by atoms with van der Waals surface area (Å²) in [4.78, 5) is 156. The highest BCUT2D eigenvalue weighted by molar-refractivity contribution is 8.44. The van der Waals surface area contributed by atoms with E-state index in [2.05, 4.69) is 97.0 Å². The predicted octanol–water partition coefficient (Wildman–Crippen LogP) is -0.131. The highest BCUT2D eigenvalue weighted by Gasteiger charge is 2.59. The maximum absolute atomic E-state index is 15.9. The second-order valence-electron chi connectivity index (χ2n) is 32.5. The molecular formula is C67H81F2N27O32P6S2. The Morgan fingerprint density at radius 1 is 0.456 bits per heavy atom. The first kappa shape index (κ1) is 95.9. The van der Waals surface area contributed by atoms with Gasteiger partial charge in [0.15, 0.2) is 99.9 Å². The second-order valence-corrected chi connectivity index (χ2v) is 44.8. The number of imidazole rings is 5. The van der Waals surface area contributed by atoms with Crippen LogP contribution in [-0.2, 0) is 104 Å². The quantitative estimate of drug-likeness (QED) is 0.0730. The molecule has 22 unspecified atom stereocenters. The molecule has 69 heteroatoms. The van der Waals surface area contributed by atoms with Gasteiger partial charge in [0, 0.05) is 18.0 Å². The van der Waals surface area contributed by atoms with Gasteiger partial charge in [0.2, 0.25) is 5.95 Å². The molecule has 8 aliphatic heterocycles. The van der Waals surface area contributed by atoms with Crippen LogP contribution < -0.4 is 39.6 Å². The lowest BCUT2D eigenvalue weighted by molar-refractivity contribution is -0.0549. The fourth-order valence-corrected chi connectivity index (χ4v) is 25.1. The number of rotatable bonds is 7. The van der Waals surface area contributed by atoms with Gasteiger partial charge in [-0.15, -0.1) is 0 Å². The number of nitrogen functional groups attached to an aromatic ring is 4. The SMILES string of the molecule is Cc1nc2c(ncn2C2OC3COP(=O)(O)OC4C(CCP(=O)(O)OC2C3F)OC(n2cnc3c(N)ncnc32)C4O)c(=O)[nH]1.Cc1nc2c(ncn2C2OC3COP(=O)(O)OC4C(CCP(=O)(O)OC2C3O)OC(n2cnc3c(N)ncnc32)C4F)c(=O)[nH]1.Nc1nc2c(ncn2[C@@H]2O[C@@H]3COP(O)(=S)O[C@@H]4[C@@H](COP(=O)(S)O[C@@H]2[C@@H]3CO)C[C@@H](n2ccc3c(N)ncnc32)[C@@H]4O)c(=O)[nH]1. The molecule has 0 spiro atoms. The number of aromatic nitrogens is 23. The van der Waals surface area contributed by atoms with Crippen molar-refractivity contribution in [3.8, 4) is 0 Å². The molecule has 136 heavy (non-hydrogen) atoms. The molecule has 1 saturated carbocycles. The van der Waals surface area contributed by atoms with Crippen molar-refractivity contribution in [2.45, 2.75) is 168 Å². The number of hydrogen-bond acceptors (Lipinski definition) is 46. The zero-order valence-corrected chi connectivity index (χ0v) is 76.7. The van der Waals surface area contributed by atoms with Crippen LogP contribution in [0.25, 0.3) is 66.9 Å². The fourth-order valence-electron chi connectivity index (χ4n) is 17.6. The summed E-state index contributed by atoms with van der Waals surface area (Å²) in [6.45, 7) is -8.20. The molecule has 6 bridgehead atoms.